The first-order valence-corrected chi connectivity index (χ1v) is 26.5. The minimum absolute atomic E-state index is 0.0668. The van der Waals surface area contributed by atoms with Crippen molar-refractivity contribution in [3.63, 3.8) is 0 Å². The van der Waals surface area contributed by atoms with Crippen LogP contribution >= 0.6 is 0 Å². The molecule has 5 nitrogen and oxygen atoms in total. The van der Waals surface area contributed by atoms with Crippen molar-refractivity contribution in [2.45, 2.75) is 264 Å². The van der Waals surface area contributed by atoms with Crippen LogP contribution in [0.5, 0.6) is 0 Å². The van der Waals surface area contributed by atoms with Crippen LogP contribution in [0.25, 0.3) is 0 Å². The van der Waals surface area contributed by atoms with Gasteiger partial charge in [0.05, 0.1) is 6.61 Å². The van der Waals surface area contributed by atoms with Gasteiger partial charge < -0.3 is 14.6 Å². The topological polar surface area (TPSA) is 72.8 Å². The number of aliphatic hydroxyl groups is 1. The van der Waals surface area contributed by atoms with Gasteiger partial charge in [0.15, 0.2) is 6.10 Å². The van der Waals surface area contributed by atoms with Crippen LogP contribution in [0.1, 0.15) is 258 Å². The zero-order valence-electron chi connectivity index (χ0n) is 40.9. The number of allylic oxidation sites excluding steroid dienone is 12. The number of hydrogen-bond acceptors (Lipinski definition) is 5. The van der Waals surface area contributed by atoms with E-state index >= 15 is 0 Å². The molecular formula is C57H100O5. The quantitative estimate of drug-likeness (QED) is 0.0375. The lowest BCUT2D eigenvalue weighted by atomic mass is 10.0. The lowest BCUT2D eigenvalue weighted by Crippen LogP contribution is -2.28. The van der Waals surface area contributed by atoms with Crippen LogP contribution in [0.4, 0.5) is 0 Å². The number of esters is 2. The van der Waals surface area contributed by atoms with Crippen molar-refractivity contribution in [2.24, 2.45) is 0 Å². The zero-order valence-corrected chi connectivity index (χ0v) is 40.9. The van der Waals surface area contributed by atoms with Gasteiger partial charge >= 0.3 is 11.9 Å². The van der Waals surface area contributed by atoms with E-state index < -0.39 is 6.10 Å². The Morgan fingerprint density at radius 1 is 0.387 bits per heavy atom. The van der Waals surface area contributed by atoms with Gasteiger partial charge in [0.1, 0.15) is 6.61 Å². The first kappa shape index (κ1) is 59.3. The number of carbonyl (C=O) groups excluding carboxylic acids is 2. The van der Waals surface area contributed by atoms with Crippen molar-refractivity contribution in [2.75, 3.05) is 13.2 Å². The molecule has 0 fully saturated rings. The monoisotopic (exact) mass is 865 g/mol. The van der Waals surface area contributed by atoms with Gasteiger partial charge in [0.25, 0.3) is 0 Å². The van der Waals surface area contributed by atoms with E-state index in [1.807, 2.05) is 0 Å². The molecular weight excluding hydrogens is 765 g/mol. The van der Waals surface area contributed by atoms with Gasteiger partial charge in [-0.15, -0.1) is 0 Å². The molecule has 1 N–H and O–H groups in total. The molecule has 0 aliphatic carbocycles. The molecule has 0 aliphatic heterocycles. The van der Waals surface area contributed by atoms with E-state index in [-0.39, 0.29) is 25.2 Å². The van der Waals surface area contributed by atoms with Crippen molar-refractivity contribution >= 4 is 11.9 Å². The summed E-state index contributed by atoms with van der Waals surface area (Å²) in [7, 11) is 0. The number of aliphatic hydroxyl groups excluding tert-OH is 1. The average Bonchev–Trinajstić information content (AvgIpc) is 3.28. The molecule has 1 unspecified atom stereocenters. The minimum Gasteiger partial charge on any atom is -0.462 e. The molecule has 0 amide bonds. The average molecular weight is 865 g/mol. The van der Waals surface area contributed by atoms with Gasteiger partial charge in [-0.25, -0.2) is 0 Å². The van der Waals surface area contributed by atoms with Crippen molar-refractivity contribution in [3.8, 4) is 0 Å². The summed E-state index contributed by atoms with van der Waals surface area (Å²) in [6.45, 7) is 4.05. The Balaban J connectivity index is 3.52. The zero-order chi connectivity index (χ0) is 44.9. The Morgan fingerprint density at radius 3 is 1.05 bits per heavy atom. The van der Waals surface area contributed by atoms with E-state index in [9.17, 15) is 14.7 Å². The standard InChI is InChI=1S/C57H100O5/c1-3-5-7-9-11-13-15-17-19-21-23-24-25-26-27-28-29-30-31-32-34-36-38-40-42-44-46-48-50-52-57(60)62-55(53-58)54-61-56(59)51-49-47-45-43-41-39-37-35-33-22-20-18-16-14-12-10-8-6-4-2/h5,7,11,13,17,19,23-24,26-27,29-30,55,58H,3-4,6,8-10,12,14-16,18,20-22,25,28,31-54H2,1-2H3/b7-5-,13-11-,19-17-,24-23-,27-26-,30-29-. The van der Waals surface area contributed by atoms with Gasteiger partial charge in [-0.1, -0.05) is 254 Å². The van der Waals surface area contributed by atoms with Gasteiger partial charge in [0.2, 0.25) is 0 Å². The molecule has 5 heteroatoms. The Labute approximate surface area is 384 Å². The van der Waals surface area contributed by atoms with E-state index in [1.54, 1.807) is 0 Å². The number of rotatable bonds is 48. The van der Waals surface area contributed by atoms with Crippen LogP contribution in [0.2, 0.25) is 0 Å². The molecule has 0 aromatic heterocycles. The molecule has 0 saturated heterocycles. The normalized spacial score (nSPS) is 12.8. The largest absolute Gasteiger partial charge is 0.462 e. The second-order valence-corrected chi connectivity index (χ2v) is 17.6. The van der Waals surface area contributed by atoms with E-state index in [0.717, 1.165) is 77.0 Å². The number of hydrogen-bond donors (Lipinski definition) is 1. The summed E-state index contributed by atoms with van der Waals surface area (Å²) in [4.78, 5) is 24.5. The van der Waals surface area contributed by atoms with E-state index in [1.165, 1.54) is 154 Å². The summed E-state index contributed by atoms with van der Waals surface area (Å²) in [5.41, 5.74) is 0. The Morgan fingerprint density at radius 2 is 0.694 bits per heavy atom. The first-order valence-electron chi connectivity index (χ1n) is 26.5. The number of ether oxygens (including phenoxy) is 2. The molecule has 62 heavy (non-hydrogen) atoms. The molecule has 0 rings (SSSR count). The van der Waals surface area contributed by atoms with Crippen molar-refractivity contribution in [1.29, 1.82) is 0 Å². The molecule has 0 aromatic rings. The Bertz CT molecular complexity index is 1110. The summed E-state index contributed by atoms with van der Waals surface area (Å²) >= 11 is 0. The maximum Gasteiger partial charge on any atom is 0.306 e. The highest BCUT2D eigenvalue weighted by atomic mass is 16.6. The summed E-state index contributed by atoms with van der Waals surface area (Å²) < 4.78 is 10.7. The van der Waals surface area contributed by atoms with Gasteiger partial charge in [-0.05, 0) is 64.2 Å². The maximum absolute atomic E-state index is 12.3. The predicted molar refractivity (Wildman–Crippen MR) is 270 cm³/mol. The predicted octanol–water partition coefficient (Wildman–Crippen LogP) is 17.6. The number of unbranched alkanes of at least 4 members (excludes halogenated alkanes) is 28. The van der Waals surface area contributed by atoms with Crippen LogP contribution in [0.15, 0.2) is 72.9 Å². The summed E-state index contributed by atoms with van der Waals surface area (Å²) in [6.07, 6.45) is 71.4. The summed E-state index contributed by atoms with van der Waals surface area (Å²) in [5, 5.41) is 9.64. The van der Waals surface area contributed by atoms with E-state index in [2.05, 4.69) is 86.8 Å². The van der Waals surface area contributed by atoms with Crippen molar-refractivity contribution < 1.29 is 24.2 Å². The van der Waals surface area contributed by atoms with Crippen molar-refractivity contribution in [3.05, 3.63) is 72.9 Å². The van der Waals surface area contributed by atoms with Gasteiger partial charge in [-0.3, -0.25) is 9.59 Å². The Hall–Kier alpha value is -2.66. The molecule has 0 bridgehead atoms. The van der Waals surface area contributed by atoms with Crippen LogP contribution in [-0.4, -0.2) is 36.4 Å². The lowest BCUT2D eigenvalue weighted by Gasteiger charge is -2.15. The molecule has 0 spiro atoms. The number of carbonyl (C=O) groups is 2. The SMILES string of the molecule is CC/C=C\C/C=C\C/C=C\C/C=C\C/C=C\C/C=C\CCCCCCCCCCCCC(=O)OC(CO)COC(=O)CCCCCCCCCCCCCCCCCCCCC. The molecule has 0 saturated carbocycles. The highest BCUT2D eigenvalue weighted by molar-refractivity contribution is 5.70. The smallest absolute Gasteiger partial charge is 0.306 e. The van der Waals surface area contributed by atoms with Crippen LogP contribution in [0, 0.1) is 0 Å². The van der Waals surface area contributed by atoms with Gasteiger partial charge in [0, 0.05) is 12.8 Å². The van der Waals surface area contributed by atoms with Crippen LogP contribution in [-0.2, 0) is 19.1 Å². The third-order valence-corrected chi connectivity index (χ3v) is 11.5. The first-order chi connectivity index (χ1) is 30.6. The second-order valence-electron chi connectivity index (χ2n) is 17.6. The maximum atomic E-state index is 12.3. The van der Waals surface area contributed by atoms with Crippen LogP contribution < -0.4 is 0 Å². The molecule has 0 radical (unpaired) electrons. The molecule has 358 valence electrons. The molecule has 0 heterocycles. The minimum atomic E-state index is -0.776. The lowest BCUT2D eigenvalue weighted by molar-refractivity contribution is -0.161. The molecule has 1 atom stereocenters. The molecule has 0 aliphatic rings. The fourth-order valence-corrected chi connectivity index (χ4v) is 7.56. The summed E-state index contributed by atoms with van der Waals surface area (Å²) in [6, 6.07) is 0. The third kappa shape index (κ3) is 50.0. The fraction of sp³-hybridized carbons (Fsp3) is 0.754. The Kier molecular flexibility index (Phi) is 50.4. The van der Waals surface area contributed by atoms with E-state index in [4.69, 9.17) is 9.47 Å². The molecule has 0 aromatic carbocycles. The highest BCUT2D eigenvalue weighted by Crippen LogP contribution is 2.16. The third-order valence-electron chi connectivity index (χ3n) is 11.5. The van der Waals surface area contributed by atoms with Crippen molar-refractivity contribution in [1.82, 2.24) is 0 Å². The van der Waals surface area contributed by atoms with Gasteiger partial charge in [-0.2, -0.15) is 0 Å². The van der Waals surface area contributed by atoms with E-state index in [0.29, 0.717) is 12.8 Å². The summed E-state index contributed by atoms with van der Waals surface area (Å²) in [5.74, 6) is -0.588. The highest BCUT2D eigenvalue weighted by Gasteiger charge is 2.16. The van der Waals surface area contributed by atoms with Crippen LogP contribution in [0.3, 0.4) is 0 Å². The fourth-order valence-electron chi connectivity index (χ4n) is 7.56. The second kappa shape index (κ2) is 52.7.